The number of aliphatic hydroxyl groups is 1. The van der Waals surface area contributed by atoms with Crippen LogP contribution in [0.25, 0.3) is 5.76 Å². The van der Waals surface area contributed by atoms with Crippen LogP contribution in [0.4, 0.5) is 0 Å². The molecule has 1 atom stereocenters. The summed E-state index contributed by atoms with van der Waals surface area (Å²) >= 11 is 6.03. The van der Waals surface area contributed by atoms with Crippen LogP contribution in [-0.4, -0.2) is 79.7 Å². The van der Waals surface area contributed by atoms with Crippen molar-refractivity contribution >= 4 is 29.1 Å². The Balaban J connectivity index is 1.71. The van der Waals surface area contributed by atoms with Crippen molar-refractivity contribution < 1.29 is 28.9 Å². The molecule has 2 aromatic rings. The first kappa shape index (κ1) is 28.0. The minimum absolute atomic E-state index is 0.0398. The van der Waals surface area contributed by atoms with Crippen molar-refractivity contribution in [1.82, 2.24) is 9.80 Å². The number of carbonyl (C=O) groups excluding carboxylic acids is 2. The van der Waals surface area contributed by atoms with Gasteiger partial charge in [-0.15, -0.1) is 0 Å². The highest BCUT2D eigenvalue weighted by Crippen LogP contribution is 2.42. The normalized spacial score (nSPS) is 19.7. The lowest BCUT2D eigenvalue weighted by molar-refractivity contribution is -0.140. The third-order valence-electron chi connectivity index (χ3n) is 6.93. The molecular formula is C29H35ClN2O6. The summed E-state index contributed by atoms with van der Waals surface area (Å²) in [6.07, 6.45) is 3.10. The van der Waals surface area contributed by atoms with Gasteiger partial charge < -0.3 is 24.2 Å². The number of morpholine rings is 1. The Morgan fingerprint density at radius 3 is 2.47 bits per heavy atom. The summed E-state index contributed by atoms with van der Waals surface area (Å²) in [6, 6.07) is 11.1. The van der Waals surface area contributed by atoms with Crippen molar-refractivity contribution in [1.29, 1.82) is 0 Å². The van der Waals surface area contributed by atoms with Crippen LogP contribution in [0, 0.1) is 0 Å². The molecule has 0 aromatic heterocycles. The van der Waals surface area contributed by atoms with E-state index in [2.05, 4.69) is 11.8 Å². The summed E-state index contributed by atoms with van der Waals surface area (Å²) in [5.41, 5.74) is 1.10. The molecule has 2 fully saturated rings. The van der Waals surface area contributed by atoms with Gasteiger partial charge in [-0.25, -0.2) is 0 Å². The highest BCUT2D eigenvalue weighted by atomic mass is 35.5. The molecule has 8 nitrogen and oxygen atoms in total. The maximum Gasteiger partial charge on any atom is 0.295 e. The van der Waals surface area contributed by atoms with Gasteiger partial charge in [-0.3, -0.25) is 14.5 Å². The average molecular weight is 543 g/mol. The molecule has 2 saturated heterocycles. The van der Waals surface area contributed by atoms with Gasteiger partial charge in [-0.05, 0) is 48.4 Å². The third kappa shape index (κ3) is 6.31. The number of unbranched alkanes of at least 4 members (excludes halogenated alkanes) is 2. The first-order chi connectivity index (χ1) is 18.4. The van der Waals surface area contributed by atoms with Crippen molar-refractivity contribution in [2.45, 2.75) is 32.2 Å². The van der Waals surface area contributed by atoms with Gasteiger partial charge in [-0.2, -0.15) is 0 Å². The lowest BCUT2D eigenvalue weighted by atomic mass is 9.95. The Bertz CT molecular complexity index is 1160. The van der Waals surface area contributed by atoms with E-state index in [1.54, 1.807) is 43.5 Å². The molecule has 38 heavy (non-hydrogen) atoms. The molecule has 1 amide bonds. The molecule has 0 saturated carbocycles. The number of hydrogen-bond acceptors (Lipinski definition) is 7. The van der Waals surface area contributed by atoms with E-state index in [4.69, 9.17) is 25.8 Å². The Labute approximate surface area is 228 Å². The topological polar surface area (TPSA) is 88.5 Å². The van der Waals surface area contributed by atoms with E-state index < -0.39 is 17.7 Å². The lowest BCUT2D eigenvalue weighted by Crippen LogP contribution is -2.42. The summed E-state index contributed by atoms with van der Waals surface area (Å²) in [6.45, 7) is 6.40. The molecule has 1 unspecified atom stereocenters. The van der Waals surface area contributed by atoms with Crippen molar-refractivity contribution in [2.24, 2.45) is 0 Å². The molecule has 9 heteroatoms. The molecule has 0 radical (unpaired) electrons. The number of nitrogens with zero attached hydrogens (tertiary/aromatic N) is 2. The summed E-state index contributed by atoms with van der Waals surface area (Å²) in [5, 5.41) is 11.8. The zero-order valence-electron chi connectivity index (χ0n) is 22.0. The zero-order valence-corrected chi connectivity index (χ0v) is 22.7. The van der Waals surface area contributed by atoms with Crippen molar-refractivity contribution in [3.05, 3.63) is 64.2 Å². The van der Waals surface area contributed by atoms with Crippen molar-refractivity contribution in [3.8, 4) is 11.5 Å². The van der Waals surface area contributed by atoms with Crippen LogP contribution in [0.2, 0.25) is 5.02 Å². The van der Waals surface area contributed by atoms with Crippen molar-refractivity contribution in [3.63, 3.8) is 0 Å². The number of carbonyl (C=O) groups is 2. The molecule has 0 aliphatic carbocycles. The number of hydrogen-bond donors (Lipinski definition) is 1. The van der Waals surface area contributed by atoms with Crippen LogP contribution in [0.1, 0.15) is 43.4 Å². The van der Waals surface area contributed by atoms with Gasteiger partial charge in [0.25, 0.3) is 11.7 Å². The quantitative estimate of drug-likeness (QED) is 0.191. The molecule has 204 valence electrons. The number of amides is 1. The number of methoxy groups -OCH3 is 1. The number of ether oxygens (including phenoxy) is 3. The fourth-order valence-electron chi connectivity index (χ4n) is 4.80. The molecule has 2 aliphatic heterocycles. The SMILES string of the molecule is CCCCCOc1ccc(C2C(=C(O)c3ccc(Cl)cc3)C(=O)C(=O)N2CCN2CCOCC2)cc1OC. The van der Waals surface area contributed by atoms with Gasteiger partial charge in [0.15, 0.2) is 11.5 Å². The summed E-state index contributed by atoms with van der Waals surface area (Å²) in [4.78, 5) is 30.4. The number of benzene rings is 2. The highest BCUT2D eigenvalue weighted by Gasteiger charge is 2.46. The van der Waals surface area contributed by atoms with Crippen LogP contribution in [0.3, 0.4) is 0 Å². The summed E-state index contributed by atoms with van der Waals surface area (Å²) < 4.78 is 17.0. The number of ketones is 1. The Morgan fingerprint density at radius 2 is 1.79 bits per heavy atom. The first-order valence-electron chi connectivity index (χ1n) is 13.1. The lowest BCUT2D eigenvalue weighted by Gasteiger charge is -2.31. The molecule has 0 bridgehead atoms. The standard InChI is InChI=1S/C29H35ClN2O6/c1-3-4-5-16-38-23-11-8-21(19-24(23)36-2)26-25(27(33)20-6-9-22(30)10-7-20)28(34)29(35)32(26)13-12-31-14-17-37-18-15-31/h6-11,19,26,33H,3-5,12-18H2,1-2H3. The fourth-order valence-corrected chi connectivity index (χ4v) is 4.93. The number of halogens is 1. The van der Waals surface area contributed by atoms with Gasteiger partial charge in [0, 0.05) is 36.8 Å². The third-order valence-corrected chi connectivity index (χ3v) is 7.18. The maximum absolute atomic E-state index is 13.3. The molecule has 2 heterocycles. The van der Waals surface area contributed by atoms with Crippen LogP contribution < -0.4 is 9.47 Å². The molecule has 0 spiro atoms. The van der Waals surface area contributed by atoms with Gasteiger partial charge in [0.05, 0.1) is 38.5 Å². The number of likely N-dealkylation sites (tertiary alicyclic amines) is 1. The second-order valence-electron chi connectivity index (χ2n) is 9.42. The summed E-state index contributed by atoms with van der Waals surface area (Å²) in [5.74, 6) is -0.502. The number of aliphatic hydroxyl groups excluding tert-OH is 1. The minimum Gasteiger partial charge on any atom is -0.507 e. The van der Waals surface area contributed by atoms with E-state index in [1.807, 2.05) is 6.07 Å². The molecule has 1 N–H and O–H groups in total. The van der Waals surface area contributed by atoms with E-state index in [1.165, 1.54) is 4.90 Å². The van der Waals surface area contributed by atoms with Gasteiger partial charge in [-0.1, -0.05) is 37.4 Å². The van der Waals surface area contributed by atoms with Gasteiger partial charge >= 0.3 is 0 Å². The van der Waals surface area contributed by atoms with E-state index in [0.717, 1.165) is 32.4 Å². The first-order valence-corrected chi connectivity index (χ1v) is 13.5. The fraction of sp³-hybridized carbons (Fsp3) is 0.448. The monoisotopic (exact) mass is 542 g/mol. The second kappa shape index (κ2) is 13.1. The summed E-state index contributed by atoms with van der Waals surface area (Å²) in [7, 11) is 1.56. The predicted molar refractivity (Wildman–Crippen MR) is 146 cm³/mol. The zero-order chi connectivity index (χ0) is 27.1. The van der Waals surface area contributed by atoms with Crippen LogP contribution in [0.15, 0.2) is 48.0 Å². The molecule has 2 aromatic carbocycles. The van der Waals surface area contributed by atoms with E-state index in [9.17, 15) is 14.7 Å². The Morgan fingerprint density at radius 1 is 1.05 bits per heavy atom. The van der Waals surface area contributed by atoms with Crippen LogP contribution >= 0.6 is 11.6 Å². The van der Waals surface area contributed by atoms with Crippen molar-refractivity contribution in [2.75, 3.05) is 53.1 Å². The van der Waals surface area contributed by atoms with Crippen LogP contribution in [-0.2, 0) is 14.3 Å². The molecule has 2 aliphatic rings. The Hall–Kier alpha value is -3.07. The van der Waals surface area contributed by atoms with Gasteiger partial charge in [0.1, 0.15) is 5.76 Å². The average Bonchev–Trinajstić information content (AvgIpc) is 3.19. The van der Waals surface area contributed by atoms with E-state index >= 15 is 0 Å². The van der Waals surface area contributed by atoms with Gasteiger partial charge in [0.2, 0.25) is 0 Å². The molecule has 4 rings (SSSR count). The Kier molecular flexibility index (Phi) is 9.66. The maximum atomic E-state index is 13.3. The highest BCUT2D eigenvalue weighted by molar-refractivity contribution is 6.46. The molecular weight excluding hydrogens is 508 g/mol. The number of rotatable bonds is 11. The predicted octanol–water partition coefficient (Wildman–Crippen LogP) is 4.67. The minimum atomic E-state index is -0.783. The number of Topliss-reactive ketones (excluding diaryl/α,β-unsaturated/α-hetero) is 1. The smallest absolute Gasteiger partial charge is 0.295 e. The van der Waals surface area contributed by atoms with Crippen LogP contribution in [0.5, 0.6) is 11.5 Å². The second-order valence-corrected chi connectivity index (χ2v) is 9.86. The van der Waals surface area contributed by atoms with E-state index in [-0.39, 0.29) is 11.3 Å². The largest absolute Gasteiger partial charge is 0.507 e. The van der Waals surface area contributed by atoms with E-state index in [0.29, 0.717) is 60.6 Å².